The molecule has 7 atom stereocenters. The van der Waals surface area contributed by atoms with Crippen molar-refractivity contribution in [2.24, 2.45) is 0 Å². The van der Waals surface area contributed by atoms with Crippen LogP contribution in [0.15, 0.2) is 0 Å². The van der Waals surface area contributed by atoms with E-state index in [4.69, 9.17) is 4.89 Å². The van der Waals surface area contributed by atoms with Gasteiger partial charge in [-0.25, -0.2) is 0 Å². The van der Waals surface area contributed by atoms with E-state index in [2.05, 4.69) is 4.52 Å². The fourth-order valence-corrected chi connectivity index (χ4v) is 2.25. The lowest BCUT2D eigenvalue weighted by Crippen LogP contribution is -2.64. The summed E-state index contributed by atoms with van der Waals surface area (Å²) in [5.41, 5.74) is 0. The van der Waals surface area contributed by atoms with Gasteiger partial charge < -0.3 is 30.4 Å². The van der Waals surface area contributed by atoms with Gasteiger partial charge in [0.05, 0.1) is 0 Å². The van der Waals surface area contributed by atoms with Crippen molar-refractivity contribution >= 4 is 7.60 Å². The van der Waals surface area contributed by atoms with Crippen LogP contribution in [0.25, 0.3) is 0 Å². The summed E-state index contributed by atoms with van der Waals surface area (Å²) in [5.74, 6) is 0. The predicted molar refractivity (Wildman–Crippen MR) is 50.7 cm³/mol. The second kappa shape index (κ2) is 4.67. The van der Waals surface area contributed by atoms with Gasteiger partial charge in [0.2, 0.25) is 0 Å². The Bertz CT molecular complexity index is 274. The lowest BCUT2D eigenvalue weighted by molar-refractivity contribution is -0.217. The number of hydrogen-bond acceptors (Lipinski definition) is 7. The standard InChI is InChI=1S/C7H15O8P/c1-16(13,14)15-7-5(11)3(9)2(8)4(10)6(7)12/h2-12H,1H3,(H,13,14)/t2-,3-,4+,5-,6-,7-/m1/s1. The van der Waals surface area contributed by atoms with E-state index in [-0.39, 0.29) is 0 Å². The van der Waals surface area contributed by atoms with E-state index < -0.39 is 44.2 Å². The van der Waals surface area contributed by atoms with Gasteiger partial charge in [-0.15, -0.1) is 0 Å². The van der Waals surface area contributed by atoms with Gasteiger partial charge in [0.1, 0.15) is 36.6 Å². The molecule has 1 aliphatic rings. The Labute approximate surface area is 91.3 Å². The number of aliphatic hydroxyl groups is 5. The molecule has 0 amide bonds. The van der Waals surface area contributed by atoms with Crippen LogP contribution in [0.3, 0.4) is 0 Å². The molecule has 1 aliphatic carbocycles. The zero-order valence-electron chi connectivity index (χ0n) is 8.41. The highest BCUT2D eigenvalue weighted by molar-refractivity contribution is 7.51. The highest BCUT2D eigenvalue weighted by atomic mass is 31.2. The van der Waals surface area contributed by atoms with E-state index in [1.807, 2.05) is 0 Å². The molecule has 1 unspecified atom stereocenters. The van der Waals surface area contributed by atoms with E-state index in [9.17, 15) is 30.1 Å². The molecule has 6 N–H and O–H groups in total. The van der Waals surface area contributed by atoms with Crippen molar-refractivity contribution in [3.63, 3.8) is 0 Å². The molecule has 0 spiro atoms. The molecule has 9 heteroatoms. The van der Waals surface area contributed by atoms with Crippen molar-refractivity contribution in [2.75, 3.05) is 6.66 Å². The molecule has 0 bridgehead atoms. The summed E-state index contributed by atoms with van der Waals surface area (Å²) in [5, 5.41) is 46.6. The Balaban J connectivity index is 2.87. The molecular formula is C7H15O8P. The van der Waals surface area contributed by atoms with Crippen LogP contribution in [0.1, 0.15) is 0 Å². The molecule has 0 radical (unpaired) electrons. The van der Waals surface area contributed by atoms with Crippen molar-refractivity contribution in [1.82, 2.24) is 0 Å². The summed E-state index contributed by atoms with van der Waals surface area (Å²) in [7, 11) is -4.01. The van der Waals surface area contributed by atoms with Crippen molar-refractivity contribution in [3.05, 3.63) is 0 Å². The zero-order chi connectivity index (χ0) is 12.7. The maximum atomic E-state index is 11.0. The van der Waals surface area contributed by atoms with Crippen LogP contribution in [0.2, 0.25) is 0 Å². The van der Waals surface area contributed by atoms with Crippen LogP contribution in [0, 0.1) is 0 Å². The minimum absolute atomic E-state index is 0.830. The molecule has 1 fully saturated rings. The molecule has 0 heterocycles. The van der Waals surface area contributed by atoms with Crippen LogP contribution in [0.4, 0.5) is 0 Å². The summed E-state index contributed by atoms with van der Waals surface area (Å²) >= 11 is 0. The van der Waals surface area contributed by atoms with Crippen molar-refractivity contribution in [2.45, 2.75) is 36.6 Å². The first-order valence-electron chi connectivity index (χ1n) is 4.54. The molecule has 96 valence electrons. The summed E-state index contributed by atoms with van der Waals surface area (Å²) < 4.78 is 15.4. The van der Waals surface area contributed by atoms with Crippen LogP contribution in [-0.4, -0.2) is 73.7 Å². The van der Waals surface area contributed by atoms with Gasteiger partial charge in [-0.05, 0) is 0 Å². The first kappa shape index (κ1) is 14.0. The molecule has 16 heavy (non-hydrogen) atoms. The maximum Gasteiger partial charge on any atom is 0.325 e. The normalized spacial score (nSPS) is 48.7. The molecule has 8 nitrogen and oxygen atoms in total. The Morgan fingerprint density at radius 1 is 0.875 bits per heavy atom. The largest absolute Gasteiger partial charge is 0.387 e. The quantitative estimate of drug-likeness (QED) is 0.287. The van der Waals surface area contributed by atoms with Gasteiger partial charge in [0, 0.05) is 6.66 Å². The third kappa shape index (κ3) is 2.79. The number of aliphatic hydroxyl groups excluding tert-OH is 5. The average Bonchev–Trinajstić information content (AvgIpc) is 2.17. The molecular weight excluding hydrogens is 243 g/mol. The lowest BCUT2D eigenvalue weighted by atomic mass is 9.85. The summed E-state index contributed by atoms with van der Waals surface area (Å²) in [6.07, 6.45) is -10.5. The van der Waals surface area contributed by atoms with E-state index >= 15 is 0 Å². The smallest absolute Gasteiger partial charge is 0.325 e. The predicted octanol–water partition coefficient (Wildman–Crippen LogP) is -3.00. The van der Waals surface area contributed by atoms with E-state index in [0.717, 1.165) is 6.66 Å². The van der Waals surface area contributed by atoms with Gasteiger partial charge in [0.15, 0.2) is 0 Å². The summed E-state index contributed by atoms with van der Waals surface area (Å²) in [6.45, 7) is 0.830. The van der Waals surface area contributed by atoms with Crippen molar-refractivity contribution < 1.29 is 39.5 Å². The molecule has 0 aromatic heterocycles. The van der Waals surface area contributed by atoms with Crippen LogP contribution in [-0.2, 0) is 9.09 Å². The Kier molecular flexibility index (Phi) is 4.09. The third-order valence-electron chi connectivity index (χ3n) is 2.39. The average molecular weight is 258 g/mol. The van der Waals surface area contributed by atoms with Crippen molar-refractivity contribution in [3.8, 4) is 0 Å². The Morgan fingerprint density at radius 2 is 1.19 bits per heavy atom. The monoisotopic (exact) mass is 258 g/mol. The van der Waals surface area contributed by atoms with E-state index in [1.54, 1.807) is 0 Å². The van der Waals surface area contributed by atoms with Crippen LogP contribution < -0.4 is 0 Å². The van der Waals surface area contributed by atoms with Gasteiger partial charge in [-0.1, -0.05) is 0 Å². The van der Waals surface area contributed by atoms with Crippen LogP contribution in [0.5, 0.6) is 0 Å². The highest BCUT2D eigenvalue weighted by Gasteiger charge is 2.50. The fraction of sp³-hybridized carbons (Fsp3) is 1.00. The van der Waals surface area contributed by atoms with Crippen molar-refractivity contribution in [1.29, 1.82) is 0 Å². The van der Waals surface area contributed by atoms with E-state index in [0.29, 0.717) is 0 Å². The van der Waals surface area contributed by atoms with Gasteiger partial charge in [-0.3, -0.25) is 9.09 Å². The maximum absolute atomic E-state index is 11.0. The molecule has 1 rings (SSSR count). The number of hydrogen-bond donors (Lipinski definition) is 6. The third-order valence-corrected chi connectivity index (χ3v) is 3.02. The lowest BCUT2D eigenvalue weighted by Gasteiger charge is -2.41. The minimum Gasteiger partial charge on any atom is -0.387 e. The second-order valence-electron chi connectivity index (χ2n) is 3.83. The first-order valence-corrected chi connectivity index (χ1v) is 6.56. The molecule has 0 aromatic carbocycles. The highest BCUT2D eigenvalue weighted by Crippen LogP contribution is 2.41. The SMILES string of the molecule is CP(=O)(O)O[C@@H]1[C@H](O)[C@H](O)[C@@H](O)[C@H](O)[C@H]1O. The van der Waals surface area contributed by atoms with E-state index in [1.165, 1.54) is 0 Å². The first-order chi connectivity index (χ1) is 7.15. The Morgan fingerprint density at radius 3 is 1.50 bits per heavy atom. The molecule has 0 saturated heterocycles. The summed E-state index contributed by atoms with van der Waals surface area (Å²) in [6, 6.07) is 0. The van der Waals surface area contributed by atoms with Gasteiger partial charge >= 0.3 is 7.60 Å². The molecule has 0 aromatic rings. The minimum atomic E-state index is -4.01. The van der Waals surface area contributed by atoms with Gasteiger partial charge in [0.25, 0.3) is 0 Å². The Hall–Kier alpha value is -0.0500. The topological polar surface area (TPSA) is 148 Å². The molecule has 1 saturated carbocycles. The fourth-order valence-electron chi connectivity index (χ4n) is 1.55. The van der Waals surface area contributed by atoms with Gasteiger partial charge in [-0.2, -0.15) is 0 Å². The zero-order valence-corrected chi connectivity index (χ0v) is 9.31. The number of rotatable bonds is 2. The summed E-state index contributed by atoms with van der Waals surface area (Å²) in [4.78, 5) is 8.93. The van der Waals surface area contributed by atoms with Crippen LogP contribution >= 0.6 is 7.60 Å². The molecule has 0 aliphatic heterocycles. The second-order valence-corrected chi connectivity index (χ2v) is 5.64.